The molecule has 0 saturated heterocycles. The highest BCUT2D eigenvalue weighted by Gasteiger charge is 2.17. The van der Waals surface area contributed by atoms with Crippen molar-refractivity contribution in [1.82, 2.24) is 16.0 Å². The van der Waals surface area contributed by atoms with Gasteiger partial charge in [-0.25, -0.2) is 9.98 Å². The topological polar surface area (TPSA) is 237 Å². The molecule has 0 bridgehead atoms. The number of nitrogens with two attached hydrogens (primary N) is 4. The van der Waals surface area contributed by atoms with Crippen molar-refractivity contribution in [2.24, 2.45) is 42.9 Å². The molecule has 0 spiro atoms. The van der Waals surface area contributed by atoms with Crippen molar-refractivity contribution < 1.29 is 0 Å². The fourth-order valence-corrected chi connectivity index (χ4v) is 3.59. The summed E-state index contributed by atoms with van der Waals surface area (Å²) in [4.78, 5) is 17.3. The minimum atomic E-state index is -0.316. The third kappa shape index (κ3) is 30.8. The van der Waals surface area contributed by atoms with Crippen LogP contribution in [0.5, 0.6) is 0 Å². The summed E-state index contributed by atoms with van der Waals surface area (Å²) in [6.07, 6.45) is 14.5. The van der Waals surface area contributed by atoms with Crippen LogP contribution in [0.3, 0.4) is 0 Å². The van der Waals surface area contributed by atoms with E-state index in [0.717, 1.165) is 64.2 Å². The van der Waals surface area contributed by atoms with Crippen LogP contribution >= 0.6 is 0 Å². The minimum absolute atomic E-state index is 0.145. The molecule has 0 amide bonds. The third-order valence-electron chi connectivity index (χ3n) is 5.43. The molecular formula is C29H61N13. The maximum Gasteiger partial charge on any atom is 0.202 e. The molecule has 42 heavy (non-hydrogen) atoms. The Labute approximate surface area is 255 Å². The lowest BCUT2D eigenvalue weighted by Crippen LogP contribution is -2.43. The molecule has 0 heterocycles. The van der Waals surface area contributed by atoms with Gasteiger partial charge >= 0.3 is 0 Å². The van der Waals surface area contributed by atoms with Crippen molar-refractivity contribution in [3.05, 3.63) is 0 Å². The second kappa shape index (κ2) is 27.4. The lowest BCUT2D eigenvalue weighted by atomic mass is 9.97. The van der Waals surface area contributed by atoms with Gasteiger partial charge in [0.1, 0.15) is 0 Å². The molecule has 0 radical (unpaired) electrons. The average Bonchev–Trinajstić information content (AvgIpc) is 2.88. The Morgan fingerprint density at radius 3 is 1.38 bits per heavy atom. The summed E-state index contributed by atoms with van der Waals surface area (Å²) >= 11 is 0. The van der Waals surface area contributed by atoms with Gasteiger partial charge in [0.2, 0.25) is 11.9 Å². The summed E-state index contributed by atoms with van der Waals surface area (Å²) < 4.78 is 0. The van der Waals surface area contributed by atoms with Gasteiger partial charge in [-0.1, -0.05) is 72.6 Å². The van der Waals surface area contributed by atoms with E-state index in [1.165, 1.54) is 6.42 Å². The number of hydrogen-bond donors (Lipinski definition) is 7. The van der Waals surface area contributed by atoms with Crippen molar-refractivity contribution in [3.8, 4) is 12.4 Å². The van der Waals surface area contributed by atoms with E-state index in [1.807, 2.05) is 41.5 Å². The molecular weight excluding hydrogens is 530 g/mol. The maximum atomic E-state index is 8.58. The minimum Gasteiger partial charge on any atom is -0.370 e. The zero-order valence-corrected chi connectivity index (χ0v) is 27.7. The van der Waals surface area contributed by atoms with E-state index in [0.29, 0.717) is 13.1 Å². The Balaban J connectivity index is -0.00000284. The highest BCUT2D eigenvalue weighted by atomic mass is 15.2. The number of nitrogens with one attached hydrogen (secondary N) is 3. The number of guanidine groups is 4. The summed E-state index contributed by atoms with van der Waals surface area (Å²) in [6.45, 7) is 17.5. The number of hydrogen-bond acceptors (Lipinski definition) is 6. The van der Waals surface area contributed by atoms with Crippen LogP contribution in [0.2, 0.25) is 0 Å². The Morgan fingerprint density at radius 1 is 0.595 bits per heavy atom. The molecule has 0 atom stereocenters. The van der Waals surface area contributed by atoms with Gasteiger partial charge in [0.05, 0.1) is 11.1 Å². The van der Waals surface area contributed by atoms with Crippen LogP contribution in [-0.2, 0) is 0 Å². The van der Waals surface area contributed by atoms with Crippen LogP contribution in [-0.4, -0.2) is 48.0 Å². The standard InChI is InChI=1S/C24H47N13.C3H8.C2H6/c1-23(2,36-21(29)34-18-26)13-9-6-8-12-16-32-20(28)35-22(30)37-24(3,4)14-10-5-7-11-15-31-19(27)33-17-25;1-3-2;1-2/h5-16H2,1-4H3,(H3,27,31,33)(H3,29,34,36)(H5,28,30,32,35,37);3H2,1-2H3;1-2H3. The zero-order chi connectivity index (χ0) is 32.9. The van der Waals surface area contributed by atoms with Crippen LogP contribution in [0.15, 0.2) is 20.0 Å². The lowest BCUT2D eigenvalue weighted by molar-refractivity contribution is 0.445. The summed E-state index contributed by atoms with van der Waals surface area (Å²) in [5.41, 5.74) is 22.5. The van der Waals surface area contributed by atoms with Crippen LogP contribution < -0.4 is 38.9 Å². The number of nitrogens with zero attached hydrogens (tertiary/aromatic N) is 6. The summed E-state index contributed by atoms with van der Waals surface area (Å²) in [5, 5.41) is 24.5. The van der Waals surface area contributed by atoms with Gasteiger partial charge in [0.25, 0.3) is 0 Å². The van der Waals surface area contributed by atoms with Crippen molar-refractivity contribution >= 4 is 23.8 Å². The molecule has 242 valence electrons. The van der Waals surface area contributed by atoms with Gasteiger partial charge in [-0.15, -0.1) is 0 Å². The Bertz CT molecular complexity index is 875. The van der Waals surface area contributed by atoms with Crippen molar-refractivity contribution in [2.45, 2.75) is 137 Å². The second-order valence-corrected chi connectivity index (χ2v) is 10.8. The molecule has 0 aromatic heterocycles. The van der Waals surface area contributed by atoms with Gasteiger partial charge in [-0.3, -0.25) is 25.9 Å². The van der Waals surface area contributed by atoms with E-state index in [-0.39, 0.29) is 34.9 Å². The molecule has 0 aliphatic heterocycles. The summed E-state index contributed by atoms with van der Waals surface area (Å²) in [7, 11) is 0. The Hall–Kier alpha value is -3.74. The van der Waals surface area contributed by atoms with Crippen molar-refractivity contribution in [2.75, 3.05) is 13.1 Å². The first-order chi connectivity index (χ1) is 19.8. The first-order valence-corrected chi connectivity index (χ1v) is 15.2. The molecule has 0 fully saturated rings. The Morgan fingerprint density at radius 2 is 0.952 bits per heavy atom. The van der Waals surface area contributed by atoms with Crippen LogP contribution in [0.25, 0.3) is 0 Å². The SMILES string of the molecule is CC.CC(C)(CCCCCCN=C(N)NC(N)=NC(C)(C)CCCCCCN=C(N)NC#N)N=C(N)NC#N.CCC. The van der Waals surface area contributed by atoms with Gasteiger partial charge in [0.15, 0.2) is 24.3 Å². The number of unbranched alkanes of at least 4 members (excludes halogenated alkanes) is 6. The lowest BCUT2D eigenvalue weighted by Gasteiger charge is -2.20. The number of rotatable bonds is 16. The predicted octanol–water partition coefficient (Wildman–Crippen LogP) is 3.88. The first-order valence-electron chi connectivity index (χ1n) is 15.2. The fourth-order valence-electron chi connectivity index (χ4n) is 3.59. The average molecular weight is 592 g/mol. The van der Waals surface area contributed by atoms with Gasteiger partial charge in [-0.2, -0.15) is 10.5 Å². The first kappa shape index (κ1) is 42.7. The van der Waals surface area contributed by atoms with E-state index >= 15 is 0 Å². The van der Waals surface area contributed by atoms with Crippen molar-refractivity contribution in [1.29, 1.82) is 10.5 Å². The molecule has 0 aliphatic rings. The highest BCUT2D eigenvalue weighted by Crippen LogP contribution is 2.19. The quantitative estimate of drug-likeness (QED) is 0.0452. The summed E-state index contributed by atoms with van der Waals surface area (Å²) in [6, 6.07) is 0. The van der Waals surface area contributed by atoms with Crippen LogP contribution in [0.4, 0.5) is 0 Å². The molecule has 0 aliphatic carbocycles. The molecule has 0 aromatic carbocycles. The van der Waals surface area contributed by atoms with Gasteiger partial charge in [0, 0.05) is 13.1 Å². The fraction of sp³-hybridized carbons (Fsp3) is 0.793. The van der Waals surface area contributed by atoms with E-state index in [4.69, 9.17) is 33.5 Å². The molecule has 0 saturated carbocycles. The van der Waals surface area contributed by atoms with Crippen LogP contribution in [0, 0.1) is 22.9 Å². The monoisotopic (exact) mass is 592 g/mol. The normalized spacial score (nSPS) is 12.5. The molecule has 0 unspecified atom stereocenters. The molecule has 11 N–H and O–H groups in total. The van der Waals surface area contributed by atoms with E-state index in [2.05, 4.69) is 49.8 Å². The summed E-state index contributed by atoms with van der Waals surface area (Å²) in [5.74, 6) is 0.822. The van der Waals surface area contributed by atoms with Crippen molar-refractivity contribution in [3.63, 3.8) is 0 Å². The molecule has 0 rings (SSSR count). The highest BCUT2D eigenvalue weighted by molar-refractivity contribution is 5.97. The van der Waals surface area contributed by atoms with E-state index in [1.54, 1.807) is 12.4 Å². The molecule has 0 aromatic rings. The molecule has 13 heteroatoms. The molecule has 13 nitrogen and oxygen atoms in total. The smallest absolute Gasteiger partial charge is 0.202 e. The van der Waals surface area contributed by atoms with Gasteiger partial charge < -0.3 is 22.9 Å². The zero-order valence-electron chi connectivity index (χ0n) is 27.7. The van der Waals surface area contributed by atoms with Crippen LogP contribution in [0.1, 0.15) is 126 Å². The third-order valence-corrected chi connectivity index (χ3v) is 5.43. The number of nitriles is 2. The predicted molar refractivity (Wildman–Crippen MR) is 178 cm³/mol. The second-order valence-electron chi connectivity index (χ2n) is 10.8. The largest absolute Gasteiger partial charge is 0.370 e. The Kier molecular flexibility index (Phi) is 27.9. The van der Waals surface area contributed by atoms with Gasteiger partial charge in [-0.05, 0) is 53.4 Å². The number of aliphatic imine (C=N–C) groups is 4. The van der Waals surface area contributed by atoms with E-state index in [9.17, 15) is 0 Å². The van der Waals surface area contributed by atoms with E-state index < -0.39 is 0 Å². The maximum absolute atomic E-state index is 8.58.